The van der Waals surface area contributed by atoms with Crippen LogP contribution < -0.4 is 0 Å². The first-order valence-corrected chi connectivity index (χ1v) is 9.82. The van der Waals surface area contributed by atoms with Crippen molar-refractivity contribution in [1.82, 2.24) is 4.90 Å². The summed E-state index contributed by atoms with van der Waals surface area (Å²) in [5.41, 5.74) is 1.92. The minimum absolute atomic E-state index is 0.0485. The second-order valence-corrected chi connectivity index (χ2v) is 7.75. The lowest BCUT2D eigenvalue weighted by Gasteiger charge is -2.21. The monoisotopic (exact) mass is 375 g/mol. The third-order valence-electron chi connectivity index (χ3n) is 4.27. The van der Waals surface area contributed by atoms with Crippen molar-refractivity contribution in [1.29, 1.82) is 0 Å². The van der Waals surface area contributed by atoms with E-state index in [1.54, 1.807) is 16.7 Å². The molecule has 25 heavy (non-hydrogen) atoms. The van der Waals surface area contributed by atoms with Gasteiger partial charge in [-0.15, -0.1) is 11.8 Å². The zero-order valence-corrected chi connectivity index (χ0v) is 15.9. The van der Waals surface area contributed by atoms with Gasteiger partial charge in [-0.25, -0.2) is 0 Å². The van der Waals surface area contributed by atoms with E-state index in [0.717, 1.165) is 35.8 Å². The third kappa shape index (κ3) is 5.24. The first-order valence-electron chi connectivity index (χ1n) is 8.46. The van der Waals surface area contributed by atoms with Gasteiger partial charge in [0.15, 0.2) is 0 Å². The molecule has 0 bridgehead atoms. The molecule has 3 rings (SSSR count). The van der Waals surface area contributed by atoms with Gasteiger partial charge in [0.05, 0.1) is 6.10 Å². The van der Waals surface area contributed by atoms with Crippen LogP contribution in [0.3, 0.4) is 0 Å². The minimum Gasteiger partial charge on any atom is -0.376 e. The van der Waals surface area contributed by atoms with Crippen molar-refractivity contribution in [2.24, 2.45) is 0 Å². The Morgan fingerprint density at radius 2 is 1.92 bits per heavy atom. The summed E-state index contributed by atoms with van der Waals surface area (Å²) in [7, 11) is 1.84. The molecule has 0 aromatic heterocycles. The molecule has 1 heterocycles. The fourth-order valence-electron chi connectivity index (χ4n) is 2.84. The van der Waals surface area contributed by atoms with Crippen molar-refractivity contribution in [3.63, 3.8) is 0 Å². The van der Waals surface area contributed by atoms with Crippen LogP contribution in [0.25, 0.3) is 0 Å². The SMILES string of the molecule is CN(CC1CCCO1)C(=O)c1ccc(CSc2ccc(Cl)cc2)cc1. The van der Waals surface area contributed by atoms with Crippen LogP contribution in [0.4, 0.5) is 0 Å². The van der Waals surface area contributed by atoms with Crippen molar-refractivity contribution < 1.29 is 9.53 Å². The Hall–Kier alpha value is -1.49. The quantitative estimate of drug-likeness (QED) is 0.673. The summed E-state index contributed by atoms with van der Waals surface area (Å²) in [6.07, 6.45) is 2.31. The molecule has 1 aliphatic rings. The van der Waals surface area contributed by atoms with Gasteiger partial charge >= 0.3 is 0 Å². The molecule has 2 aromatic carbocycles. The van der Waals surface area contributed by atoms with Crippen LogP contribution in [-0.4, -0.2) is 37.1 Å². The number of carbonyl (C=O) groups excluding carboxylic acids is 1. The smallest absolute Gasteiger partial charge is 0.253 e. The molecule has 0 aliphatic carbocycles. The van der Waals surface area contributed by atoms with E-state index in [0.29, 0.717) is 6.54 Å². The first kappa shape index (κ1) is 18.3. The van der Waals surface area contributed by atoms with Crippen molar-refractivity contribution >= 4 is 29.3 Å². The van der Waals surface area contributed by atoms with Crippen molar-refractivity contribution in [3.05, 3.63) is 64.7 Å². The van der Waals surface area contributed by atoms with E-state index in [-0.39, 0.29) is 12.0 Å². The highest BCUT2D eigenvalue weighted by molar-refractivity contribution is 7.98. The van der Waals surface area contributed by atoms with E-state index in [1.165, 1.54) is 10.5 Å². The Balaban J connectivity index is 1.53. The molecule has 5 heteroatoms. The predicted octanol–water partition coefficient (Wildman–Crippen LogP) is 4.88. The van der Waals surface area contributed by atoms with Gasteiger partial charge in [0.1, 0.15) is 0 Å². The van der Waals surface area contributed by atoms with Crippen LogP contribution in [-0.2, 0) is 10.5 Å². The summed E-state index contributed by atoms with van der Waals surface area (Å²) in [6, 6.07) is 15.7. The summed E-state index contributed by atoms with van der Waals surface area (Å²) in [4.78, 5) is 15.4. The molecular formula is C20H22ClNO2S. The van der Waals surface area contributed by atoms with Crippen LogP contribution >= 0.6 is 23.4 Å². The summed E-state index contributed by atoms with van der Waals surface area (Å²) < 4.78 is 5.61. The maximum atomic E-state index is 12.5. The Morgan fingerprint density at radius 3 is 2.56 bits per heavy atom. The molecule has 1 aliphatic heterocycles. The van der Waals surface area contributed by atoms with Gasteiger partial charge in [-0.05, 0) is 54.8 Å². The molecule has 3 nitrogen and oxygen atoms in total. The molecule has 1 fully saturated rings. The number of benzene rings is 2. The van der Waals surface area contributed by atoms with Gasteiger partial charge < -0.3 is 9.64 Å². The van der Waals surface area contributed by atoms with Crippen LogP contribution in [0.1, 0.15) is 28.8 Å². The van der Waals surface area contributed by atoms with Crippen LogP contribution in [0, 0.1) is 0 Å². The number of likely N-dealkylation sites (N-methyl/N-ethyl adjacent to an activating group) is 1. The molecule has 0 saturated carbocycles. The van der Waals surface area contributed by atoms with Crippen LogP contribution in [0.15, 0.2) is 53.4 Å². The summed E-state index contributed by atoms with van der Waals surface area (Å²) in [5.74, 6) is 0.911. The average molecular weight is 376 g/mol. The van der Waals surface area contributed by atoms with Gasteiger partial charge in [-0.1, -0.05) is 23.7 Å². The number of nitrogens with zero attached hydrogens (tertiary/aromatic N) is 1. The van der Waals surface area contributed by atoms with Crippen molar-refractivity contribution in [2.75, 3.05) is 20.2 Å². The third-order valence-corrected chi connectivity index (χ3v) is 5.60. The van der Waals surface area contributed by atoms with Gasteiger partial charge in [0, 0.05) is 41.4 Å². The van der Waals surface area contributed by atoms with E-state index in [4.69, 9.17) is 16.3 Å². The number of amides is 1. The highest BCUT2D eigenvalue weighted by Gasteiger charge is 2.20. The van der Waals surface area contributed by atoms with Gasteiger partial charge in [0.25, 0.3) is 5.91 Å². The Bertz CT molecular complexity index is 697. The maximum absolute atomic E-state index is 12.5. The topological polar surface area (TPSA) is 29.5 Å². The highest BCUT2D eigenvalue weighted by atomic mass is 35.5. The second kappa shape index (κ2) is 8.75. The summed E-state index contributed by atoms with van der Waals surface area (Å²) in [5, 5.41) is 0.749. The number of hydrogen-bond acceptors (Lipinski definition) is 3. The van der Waals surface area contributed by atoms with Gasteiger partial charge in [0.2, 0.25) is 0 Å². The molecule has 0 N–H and O–H groups in total. The van der Waals surface area contributed by atoms with E-state index in [9.17, 15) is 4.79 Å². The largest absolute Gasteiger partial charge is 0.376 e. The molecule has 2 aromatic rings. The Labute approximate surface area is 158 Å². The summed E-state index contributed by atoms with van der Waals surface area (Å²) >= 11 is 7.66. The van der Waals surface area contributed by atoms with Crippen LogP contribution in [0.5, 0.6) is 0 Å². The maximum Gasteiger partial charge on any atom is 0.253 e. The number of hydrogen-bond donors (Lipinski definition) is 0. The zero-order chi connectivity index (χ0) is 17.6. The lowest BCUT2D eigenvalue weighted by Crippen LogP contribution is -2.34. The Kier molecular flexibility index (Phi) is 6.40. The van der Waals surface area contributed by atoms with Crippen molar-refractivity contribution in [3.8, 4) is 0 Å². The number of thioether (sulfide) groups is 1. The van der Waals surface area contributed by atoms with Gasteiger partial charge in [-0.3, -0.25) is 4.79 Å². The number of halogens is 1. The molecule has 1 atom stereocenters. The molecule has 0 spiro atoms. The number of ether oxygens (including phenoxy) is 1. The van der Waals surface area contributed by atoms with E-state index in [1.807, 2.05) is 55.6 Å². The van der Waals surface area contributed by atoms with E-state index < -0.39 is 0 Å². The normalized spacial score (nSPS) is 16.8. The lowest BCUT2D eigenvalue weighted by molar-refractivity contribution is 0.0587. The highest BCUT2D eigenvalue weighted by Crippen LogP contribution is 2.24. The fourth-order valence-corrected chi connectivity index (χ4v) is 3.82. The Morgan fingerprint density at radius 1 is 1.20 bits per heavy atom. The van der Waals surface area contributed by atoms with E-state index in [2.05, 4.69) is 0 Å². The number of rotatable bonds is 6. The second-order valence-electron chi connectivity index (χ2n) is 6.26. The lowest BCUT2D eigenvalue weighted by atomic mass is 10.1. The number of carbonyl (C=O) groups is 1. The first-order chi connectivity index (χ1) is 12.1. The molecule has 1 saturated heterocycles. The van der Waals surface area contributed by atoms with Gasteiger partial charge in [-0.2, -0.15) is 0 Å². The molecule has 1 unspecified atom stereocenters. The molecule has 0 radical (unpaired) electrons. The summed E-state index contributed by atoms with van der Waals surface area (Å²) in [6.45, 7) is 1.47. The fraction of sp³-hybridized carbons (Fsp3) is 0.350. The molecule has 132 valence electrons. The van der Waals surface area contributed by atoms with Crippen LogP contribution in [0.2, 0.25) is 5.02 Å². The van der Waals surface area contributed by atoms with E-state index >= 15 is 0 Å². The molecule has 1 amide bonds. The molecular weight excluding hydrogens is 354 g/mol. The average Bonchev–Trinajstić information content (AvgIpc) is 3.14. The standard InChI is InChI=1S/C20H22ClNO2S/c1-22(13-18-3-2-12-24-18)20(23)16-6-4-15(5-7-16)14-25-19-10-8-17(21)9-11-19/h4-11,18H,2-3,12-14H2,1H3. The zero-order valence-electron chi connectivity index (χ0n) is 14.3. The predicted molar refractivity (Wildman–Crippen MR) is 103 cm³/mol. The van der Waals surface area contributed by atoms with Crippen molar-refractivity contribution in [2.45, 2.75) is 29.6 Å². The minimum atomic E-state index is 0.0485.